The lowest BCUT2D eigenvalue weighted by Crippen LogP contribution is -2.51. The number of hydrogen-bond acceptors (Lipinski definition) is 6. The monoisotopic (exact) mass is 402 g/mol. The van der Waals surface area contributed by atoms with Crippen molar-refractivity contribution in [2.24, 2.45) is 0 Å². The highest BCUT2D eigenvalue weighted by Crippen LogP contribution is 2.26. The molecule has 1 aromatic rings. The van der Waals surface area contributed by atoms with E-state index in [-0.39, 0.29) is 0 Å². The SMILES string of the molecule is COC(=O)[C@@H](NC(=O)OC(C)(C)C)[C@@H](C)Oc1ccc(Br)cc1N. The Labute approximate surface area is 150 Å². The number of ether oxygens (including phenoxy) is 3. The van der Waals surface area contributed by atoms with Crippen LogP contribution in [-0.4, -0.2) is 36.9 Å². The standard InChI is InChI=1S/C16H23BrN2O5/c1-9(23-12-7-6-10(17)8-11(12)18)13(14(20)22-5)19-15(21)24-16(2,3)4/h6-9,13H,18H2,1-5H3,(H,19,21)/t9-,13+/m1/s1. The maximum atomic E-state index is 12.0. The second-order valence-electron chi connectivity index (χ2n) is 6.15. The molecule has 0 aromatic heterocycles. The third-order valence-electron chi connectivity index (χ3n) is 2.88. The Bertz CT molecular complexity index is 601. The minimum atomic E-state index is -1.05. The molecule has 1 aromatic carbocycles. The van der Waals surface area contributed by atoms with Crippen LogP contribution in [0.5, 0.6) is 5.75 Å². The number of rotatable bonds is 5. The summed E-state index contributed by atoms with van der Waals surface area (Å²) < 4.78 is 16.4. The number of nitrogens with two attached hydrogens (primary N) is 1. The summed E-state index contributed by atoms with van der Waals surface area (Å²) in [4.78, 5) is 23.9. The fourth-order valence-corrected chi connectivity index (χ4v) is 2.20. The first-order valence-electron chi connectivity index (χ1n) is 7.32. The molecule has 0 saturated carbocycles. The minimum Gasteiger partial charge on any atom is -0.486 e. The zero-order valence-electron chi connectivity index (χ0n) is 14.4. The van der Waals surface area contributed by atoms with Crippen molar-refractivity contribution in [2.75, 3.05) is 12.8 Å². The molecule has 0 aliphatic carbocycles. The van der Waals surface area contributed by atoms with E-state index in [1.807, 2.05) is 0 Å². The fraction of sp³-hybridized carbons (Fsp3) is 0.500. The Morgan fingerprint density at radius 2 is 1.92 bits per heavy atom. The van der Waals surface area contributed by atoms with Gasteiger partial charge in [-0.1, -0.05) is 15.9 Å². The van der Waals surface area contributed by atoms with Crippen molar-refractivity contribution in [3.63, 3.8) is 0 Å². The molecule has 0 saturated heterocycles. The lowest BCUT2D eigenvalue weighted by molar-refractivity contribution is -0.145. The van der Waals surface area contributed by atoms with Gasteiger partial charge in [-0.25, -0.2) is 9.59 Å². The van der Waals surface area contributed by atoms with Crippen molar-refractivity contribution in [2.45, 2.75) is 45.4 Å². The van der Waals surface area contributed by atoms with E-state index in [0.29, 0.717) is 11.4 Å². The highest BCUT2D eigenvalue weighted by Gasteiger charge is 2.31. The summed E-state index contributed by atoms with van der Waals surface area (Å²) in [7, 11) is 1.23. The summed E-state index contributed by atoms with van der Waals surface area (Å²) in [6, 6.07) is 4.05. The van der Waals surface area contributed by atoms with E-state index in [1.165, 1.54) is 7.11 Å². The molecule has 1 amide bonds. The van der Waals surface area contributed by atoms with Crippen LogP contribution in [0.4, 0.5) is 10.5 Å². The summed E-state index contributed by atoms with van der Waals surface area (Å²) in [6.45, 7) is 6.80. The van der Waals surface area contributed by atoms with Gasteiger partial charge in [-0.2, -0.15) is 0 Å². The van der Waals surface area contributed by atoms with Crippen LogP contribution in [0, 0.1) is 0 Å². The third-order valence-corrected chi connectivity index (χ3v) is 3.37. The average Bonchev–Trinajstić information content (AvgIpc) is 2.45. The highest BCUT2D eigenvalue weighted by molar-refractivity contribution is 9.10. The van der Waals surface area contributed by atoms with Gasteiger partial charge in [0.05, 0.1) is 12.8 Å². The summed E-state index contributed by atoms with van der Waals surface area (Å²) in [6.07, 6.45) is -1.47. The molecule has 0 fully saturated rings. The number of halogens is 1. The van der Waals surface area contributed by atoms with Gasteiger partial charge in [0.2, 0.25) is 0 Å². The molecule has 0 bridgehead atoms. The molecule has 7 nitrogen and oxygen atoms in total. The minimum absolute atomic E-state index is 0.394. The molecule has 0 unspecified atom stereocenters. The Morgan fingerprint density at radius 1 is 1.29 bits per heavy atom. The molecule has 0 spiro atoms. The maximum Gasteiger partial charge on any atom is 0.408 e. The number of anilines is 1. The number of carbonyl (C=O) groups excluding carboxylic acids is 2. The number of alkyl carbamates (subject to hydrolysis) is 1. The molecule has 2 atom stereocenters. The van der Waals surface area contributed by atoms with Gasteiger partial charge in [-0.15, -0.1) is 0 Å². The maximum absolute atomic E-state index is 12.0. The highest BCUT2D eigenvalue weighted by atomic mass is 79.9. The van der Waals surface area contributed by atoms with Crippen LogP contribution in [0.25, 0.3) is 0 Å². The molecule has 24 heavy (non-hydrogen) atoms. The first-order valence-corrected chi connectivity index (χ1v) is 8.12. The zero-order chi connectivity index (χ0) is 18.5. The van der Waals surface area contributed by atoms with Gasteiger partial charge in [-0.05, 0) is 45.9 Å². The van der Waals surface area contributed by atoms with Crippen LogP contribution in [0.15, 0.2) is 22.7 Å². The van der Waals surface area contributed by atoms with E-state index in [1.54, 1.807) is 45.9 Å². The van der Waals surface area contributed by atoms with Crippen LogP contribution in [-0.2, 0) is 14.3 Å². The largest absolute Gasteiger partial charge is 0.486 e. The second-order valence-corrected chi connectivity index (χ2v) is 7.07. The van der Waals surface area contributed by atoms with E-state index >= 15 is 0 Å². The van der Waals surface area contributed by atoms with Crippen molar-refractivity contribution in [3.8, 4) is 5.75 Å². The van der Waals surface area contributed by atoms with Crippen LogP contribution < -0.4 is 15.8 Å². The second kappa shape index (κ2) is 8.23. The number of benzene rings is 1. The van der Waals surface area contributed by atoms with Crippen LogP contribution in [0.2, 0.25) is 0 Å². The normalized spacial score (nSPS) is 13.6. The quantitative estimate of drug-likeness (QED) is 0.579. The first-order chi connectivity index (χ1) is 11.0. The number of nitrogens with one attached hydrogen (secondary N) is 1. The fourth-order valence-electron chi connectivity index (χ4n) is 1.82. The molecular formula is C16H23BrN2O5. The van der Waals surface area contributed by atoms with E-state index in [9.17, 15) is 9.59 Å². The predicted molar refractivity (Wildman–Crippen MR) is 93.8 cm³/mol. The summed E-state index contributed by atoms with van der Waals surface area (Å²) in [5.74, 6) is -0.255. The van der Waals surface area contributed by atoms with Gasteiger partial charge < -0.3 is 25.3 Å². The van der Waals surface area contributed by atoms with Gasteiger partial charge in [-0.3, -0.25) is 0 Å². The van der Waals surface area contributed by atoms with Crippen LogP contribution >= 0.6 is 15.9 Å². The van der Waals surface area contributed by atoms with E-state index < -0.39 is 29.8 Å². The third kappa shape index (κ3) is 6.27. The van der Waals surface area contributed by atoms with Crippen molar-refractivity contribution >= 4 is 33.7 Å². The predicted octanol–water partition coefficient (Wildman–Crippen LogP) is 2.86. The summed E-state index contributed by atoms with van der Waals surface area (Å²) >= 11 is 3.30. The lowest BCUT2D eigenvalue weighted by atomic mass is 10.1. The van der Waals surface area contributed by atoms with Crippen molar-refractivity contribution in [1.29, 1.82) is 0 Å². The lowest BCUT2D eigenvalue weighted by Gasteiger charge is -2.26. The van der Waals surface area contributed by atoms with Crippen molar-refractivity contribution in [3.05, 3.63) is 22.7 Å². The van der Waals surface area contributed by atoms with E-state index in [0.717, 1.165) is 4.47 Å². The summed E-state index contributed by atoms with van der Waals surface area (Å²) in [5.41, 5.74) is 5.59. The molecule has 8 heteroatoms. The molecule has 1 rings (SSSR count). The number of nitrogen functional groups attached to an aromatic ring is 1. The number of esters is 1. The number of methoxy groups -OCH3 is 1. The number of hydrogen-bond donors (Lipinski definition) is 2. The number of carbonyl (C=O) groups is 2. The molecule has 0 aliphatic rings. The van der Waals surface area contributed by atoms with Crippen molar-refractivity contribution < 1.29 is 23.8 Å². The van der Waals surface area contributed by atoms with Gasteiger partial charge in [0, 0.05) is 4.47 Å². The van der Waals surface area contributed by atoms with Gasteiger partial charge in [0.25, 0.3) is 0 Å². The molecule has 0 heterocycles. The topological polar surface area (TPSA) is 99.9 Å². The molecule has 134 valence electrons. The molecule has 3 N–H and O–H groups in total. The Balaban J connectivity index is 2.87. The first kappa shape index (κ1) is 20.1. The molecule has 0 aliphatic heterocycles. The Hall–Kier alpha value is -1.96. The van der Waals surface area contributed by atoms with Crippen LogP contribution in [0.1, 0.15) is 27.7 Å². The van der Waals surface area contributed by atoms with Crippen molar-refractivity contribution in [1.82, 2.24) is 5.32 Å². The average molecular weight is 403 g/mol. The van der Waals surface area contributed by atoms with Gasteiger partial charge in [0.1, 0.15) is 17.5 Å². The zero-order valence-corrected chi connectivity index (χ0v) is 16.0. The Morgan fingerprint density at radius 3 is 2.42 bits per heavy atom. The number of amides is 1. The van der Waals surface area contributed by atoms with E-state index in [2.05, 4.69) is 21.2 Å². The Kier molecular flexibility index (Phi) is 6.89. The van der Waals surface area contributed by atoms with Gasteiger partial charge in [0.15, 0.2) is 6.04 Å². The van der Waals surface area contributed by atoms with Crippen LogP contribution in [0.3, 0.4) is 0 Å². The van der Waals surface area contributed by atoms with E-state index in [4.69, 9.17) is 19.9 Å². The molecule has 0 radical (unpaired) electrons. The molecular weight excluding hydrogens is 380 g/mol. The van der Waals surface area contributed by atoms with Gasteiger partial charge >= 0.3 is 12.1 Å². The smallest absolute Gasteiger partial charge is 0.408 e. The summed E-state index contributed by atoms with van der Waals surface area (Å²) in [5, 5.41) is 2.46.